The molecule has 1 heterocycles. The predicted molar refractivity (Wildman–Crippen MR) is 63.2 cm³/mol. The number of nitriles is 1. The van der Waals surface area contributed by atoms with Crippen molar-refractivity contribution >= 4 is 12.4 Å². The monoisotopic (exact) mass is 222 g/mol. The molecule has 1 aromatic rings. The Bertz CT molecular complexity index is 351. The van der Waals surface area contributed by atoms with Gasteiger partial charge < -0.3 is 5.32 Å². The van der Waals surface area contributed by atoms with E-state index in [4.69, 9.17) is 5.26 Å². The maximum atomic E-state index is 8.98. The Morgan fingerprint density at radius 1 is 1.33 bits per heavy atom. The fourth-order valence-corrected chi connectivity index (χ4v) is 2.07. The first-order valence-electron chi connectivity index (χ1n) is 5.11. The zero-order chi connectivity index (χ0) is 9.80. The standard InChI is InChI=1S/C12H14N2.ClH/c13-8-10-4-1-2-6-12(10)11-5-3-7-14-9-11;/h1-2,4,6,11,14H,3,5,7,9H2;1H. The van der Waals surface area contributed by atoms with Crippen LogP contribution in [0.1, 0.15) is 29.9 Å². The Morgan fingerprint density at radius 3 is 2.80 bits per heavy atom. The van der Waals surface area contributed by atoms with Gasteiger partial charge in [0.25, 0.3) is 0 Å². The maximum Gasteiger partial charge on any atom is 0.0994 e. The summed E-state index contributed by atoms with van der Waals surface area (Å²) < 4.78 is 0. The Labute approximate surface area is 96.7 Å². The van der Waals surface area contributed by atoms with Crippen LogP contribution in [0.15, 0.2) is 24.3 Å². The van der Waals surface area contributed by atoms with Gasteiger partial charge in [0.05, 0.1) is 11.6 Å². The third-order valence-corrected chi connectivity index (χ3v) is 2.82. The smallest absolute Gasteiger partial charge is 0.0994 e. The highest BCUT2D eigenvalue weighted by molar-refractivity contribution is 5.85. The van der Waals surface area contributed by atoms with E-state index in [1.165, 1.54) is 18.4 Å². The molecule has 15 heavy (non-hydrogen) atoms. The number of piperidine rings is 1. The van der Waals surface area contributed by atoms with Gasteiger partial charge in [-0.05, 0) is 36.9 Å². The molecule has 1 N–H and O–H groups in total. The molecule has 2 nitrogen and oxygen atoms in total. The van der Waals surface area contributed by atoms with Crippen molar-refractivity contribution in [3.05, 3.63) is 35.4 Å². The lowest BCUT2D eigenvalue weighted by atomic mass is 9.89. The molecule has 80 valence electrons. The van der Waals surface area contributed by atoms with Crippen molar-refractivity contribution in [1.82, 2.24) is 5.32 Å². The van der Waals surface area contributed by atoms with Crippen molar-refractivity contribution in [3.8, 4) is 6.07 Å². The molecule has 1 saturated heterocycles. The third kappa shape index (κ3) is 2.71. The number of rotatable bonds is 1. The van der Waals surface area contributed by atoms with E-state index in [9.17, 15) is 0 Å². The van der Waals surface area contributed by atoms with Crippen LogP contribution in [0.2, 0.25) is 0 Å². The lowest BCUT2D eigenvalue weighted by molar-refractivity contribution is 0.461. The Hall–Kier alpha value is -1.04. The van der Waals surface area contributed by atoms with Crippen LogP contribution in [0.4, 0.5) is 0 Å². The molecule has 0 saturated carbocycles. The van der Waals surface area contributed by atoms with Gasteiger partial charge in [0.2, 0.25) is 0 Å². The molecule has 1 fully saturated rings. The molecule has 0 aromatic heterocycles. The minimum atomic E-state index is 0. The van der Waals surface area contributed by atoms with Gasteiger partial charge in [-0.3, -0.25) is 0 Å². The van der Waals surface area contributed by atoms with Crippen molar-refractivity contribution in [3.63, 3.8) is 0 Å². The first kappa shape index (κ1) is 12.0. The van der Waals surface area contributed by atoms with Crippen molar-refractivity contribution in [2.24, 2.45) is 0 Å². The normalized spacial score (nSPS) is 20.1. The van der Waals surface area contributed by atoms with Gasteiger partial charge in [-0.15, -0.1) is 12.4 Å². The summed E-state index contributed by atoms with van der Waals surface area (Å²) in [5.41, 5.74) is 2.04. The Balaban J connectivity index is 0.00000112. The minimum absolute atomic E-state index is 0. The number of hydrogen-bond acceptors (Lipinski definition) is 2. The first-order valence-corrected chi connectivity index (χ1v) is 5.11. The second-order valence-corrected chi connectivity index (χ2v) is 3.74. The van der Waals surface area contributed by atoms with Gasteiger partial charge in [-0.25, -0.2) is 0 Å². The van der Waals surface area contributed by atoms with E-state index in [2.05, 4.69) is 17.5 Å². The molecule has 1 aromatic carbocycles. The van der Waals surface area contributed by atoms with Crippen molar-refractivity contribution in [2.75, 3.05) is 13.1 Å². The Kier molecular flexibility index (Phi) is 4.61. The summed E-state index contributed by atoms with van der Waals surface area (Å²) >= 11 is 0. The number of nitrogens with zero attached hydrogens (tertiary/aromatic N) is 1. The van der Waals surface area contributed by atoms with E-state index in [0.717, 1.165) is 18.7 Å². The predicted octanol–water partition coefficient (Wildman–Crippen LogP) is 2.45. The zero-order valence-electron chi connectivity index (χ0n) is 8.57. The summed E-state index contributed by atoms with van der Waals surface area (Å²) in [5, 5.41) is 12.4. The molecule has 0 spiro atoms. The quantitative estimate of drug-likeness (QED) is 0.793. The third-order valence-electron chi connectivity index (χ3n) is 2.82. The molecular weight excluding hydrogens is 208 g/mol. The molecule has 1 aliphatic rings. The maximum absolute atomic E-state index is 8.98. The van der Waals surface area contributed by atoms with E-state index in [0.29, 0.717) is 5.92 Å². The van der Waals surface area contributed by atoms with Crippen LogP contribution in [-0.2, 0) is 0 Å². The highest BCUT2D eigenvalue weighted by Crippen LogP contribution is 2.25. The fourth-order valence-electron chi connectivity index (χ4n) is 2.07. The lowest BCUT2D eigenvalue weighted by Crippen LogP contribution is -2.28. The van der Waals surface area contributed by atoms with Crippen LogP contribution < -0.4 is 5.32 Å². The molecule has 0 radical (unpaired) electrons. The second kappa shape index (κ2) is 5.75. The molecule has 2 rings (SSSR count). The molecule has 1 aliphatic heterocycles. The van der Waals surface area contributed by atoms with E-state index < -0.39 is 0 Å². The van der Waals surface area contributed by atoms with Crippen LogP contribution in [0.5, 0.6) is 0 Å². The SMILES string of the molecule is Cl.N#Cc1ccccc1C1CCCNC1. The molecular formula is C12H15ClN2. The molecule has 0 aliphatic carbocycles. The van der Waals surface area contributed by atoms with Crippen LogP contribution in [0, 0.1) is 11.3 Å². The largest absolute Gasteiger partial charge is 0.316 e. The van der Waals surface area contributed by atoms with Crippen molar-refractivity contribution in [1.29, 1.82) is 5.26 Å². The van der Waals surface area contributed by atoms with Crippen LogP contribution >= 0.6 is 12.4 Å². The fraction of sp³-hybridized carbons (Fsp3) is 0.417. The van der Waals surface area contributed by atoms with Crippen LogP contribution in [-0.4, -0.2) is 13.1 Å². The molecule has 0 amide bonds. The van der Waals surface area contributed by atoms with Gasteiger partial charge >= 0.3 is 0 Å². The molecule has 0 bridgehead atoms. The van der Waals surface area contributed by atoms with Gasteiger partial charge in [-0.2, -0.15) is 5.26 Å². The van der Waals surface area contributed by atoms with Crippen LogP contribution in [0.25, 0.3) is 0 Å². The van der Waals surface area contributed by atoms with Gasteiger partial charge in [0, 0.05) is 6.54 Å². The van der Waals surface area contributed by atoms with E-state index in [1.807, 2.05) is 18.2 Å². The first-order chi connectivity index (χ1) is 6.92. The van der Waals surface area contributed by atoms with Gasteiger partial charge in [0.1, 0.15) is 0 Å². The molecule has 1 unspecified atom stereocenters. The number of nitrogens with one attached hydrogen (secondary N) is 1. The number of halogens is 1. The molecule has 3 heteroatoms. The van der Waals surface area contributed by atoms with E-state index >= 15 is 0 Å². The highest BCUT2D eigenvalue weighted by Gasteiger charge is 2.17. The number of benzene rings is 1. The highest BCUT2D eigenvalue weighted by atomic mass is 35.5. The average Bonchev–Trinajstić information content (AvgIpc) is 2.30. The Morgan fingerprint density at radius 2 is 2.13 bits per heavy atom. The lowest BCUT2D eigenvalue weighted by Gasteiger charge is -2.23. The van der Waals surface area contributed by atoms with Gasteiger partial charge in [-0.1, -0.05) is 18.2 Å². The summed E-state index contributed by atoms with van der Waals surface area (Å²) in [6.45, 7) is 2.13. The van der Waals surface area contributed by atoms with Crippen LogP contribution in [0.3, 0.4) is 0 Å². The second-order valence-electron chi connectivity index (χ2n) is 3.74. The summed E-state index contributed by atoms with van der Waals surface area (Å²) in [6, 6.07) is 10.2. The van der Waals surface area contributed by atoms with Gasteiger partial charge in [0.15, 0.2) is 0 Å². The minimum Gasteiger partial charge on any atom is -0.316 e. The van der Waals surface area contributed by atoms with E-state index in [1.54, 1.807) is 0 Å². The molecule has 1 atom stereocenters. The summed E-state index contributed by atoms with van der Waals surface area (Å²) in [7, 11) is 0. The van der Waals surface area contributed by atoms with Crippen molar-refractivity contribution < 1.29 is 0 Å². The van der Waals surface area contributed by atoms with E-state index in [-0.39, 0.29) is 12.4 Å². The van der Waals surface area contributed by atoms with Crippen molar-refractivity contribution in [2.45, 2.75) is 18.8 Å². The zero-order valence-corrected chi connectivity index (χ0v) is 9.39. The summed E-state index contributed by atoms with van der Waals surface area (Å²) in [4.78, 5) is 0. The average molecular weight is 223 g/mol. The number of hydrogen-bond donors (Lipinski definition) is 1. The summed E-state index contributed by atoms with van der Waals surface area (Å²) in [6.07, 6.45) is 2.41. The topological polar surface area (TPSA) is 35.8 Å². The summed E-state index contributed by atoms with van der Waals surface area (Å²) in [5.74, 6) is 0.527.